The van der Waals surface area contributed by atoms with Crippen molar-refractivity contribution in [2.75, 3.05) is 32.7 Å². The van der Waals surface area contributed by atoms with Gasteiger partial charge in [-0.3, -0.25) is 9.59 Å². The van der Waals surface area contributed by atoms with Crippen LogP contribution >= 0.6 is 0 Å². The van der Waals surface area contributed by atoms with Crippen molar-refractivity contribution in [3.05, 3.63) is 18.2 Å². The predicted molar refractivity (Wildman–Crippen MR) is 93.9 cm³/mol. The van der Waals surface area contributed by atoms with Crippen LogP contribution in [-0.2, 0) is 14.3 Å². The Balaban J connectivity index is 2.01. The summed E-state index contributed by atoms with van der Waals surface area (Å²) in [7, 11) is 3.05. The van der Waals surface area contributed by atoms with Crippen LogP contribution in [-0.4, -0.2) is 45.3 Å². The molecule has 1 fully saturated rings. The van der Waals surface area contributed by atoms with Crippen molar-refractivity contribution >= 4 is 17.5 Å². The second-order valence-electron chi connectivity index (χ2n) is 6.49. The summed E-state index contributed by atoms with van der Waals surface area (Å²) in [6.45, 7) is 4.31. The fourth-order valence-electron chi connectivity index (χ4n) is 2.52. The second kappa shape index (κ2) is 8.20. The van der Waals surface area contributed by atoms with E-state index in [1.54, 1.807) is 39.2 Å². The Morgan fingerprint density at radius 1 is 1.24 bits per heavy atom. The molecule has 1 atom stereocenters. The topological polar surface area (TPSA) is 85.9 Å². The highest BCUT2D eigenvalue weighted by atomic mass is 16.5. The minimum Gasteiger partial charge on any atom is -0.497 e. The lowest BCUT2D eigenvalue weighted by Gasteiger charge is -2.24. The molecule has 1 heterocycles. The zero-order valence-electron chi connectivity index (χ0n) is 15.2. The smallest absolute Gasteiger partial charge is 0.239 e. The molecule has 2 rings (SSSR count). The Hall–Kier alpha value is -2.28. The summed E-state index contributed by atoms with van der Waals surface area (Å²) < 4.78 is 15.9. The van der Waals surface area contributed by atoms with Crippen molar-refractivity contribution < 1.29 is 23.8 Å². The molecule has 138 valence electrons. The minimum atomic E-state index is -1.23. The van der Waals surface area contributed by atoms with Crippen LogP contribution in [0.25, 0.3) is 0 Å². The van der Waals surface area contributed by atoms with Gasteiger partial charge in [-0.05, 0) is 38.8 Å². The zero-order valence-corrected chi connectivity index (χ0v) is 15.2. The molecule has 1 unspecified atom stereocenters. The predicted octanol–water partition coefficient (Wildman–Crippen LogP) is 1.96. The first-order valence-electron chi connectivity index (χ1n) is 8.32. The number of hydrogen-bond donors (Lipinski definition) is 2. The molecule has 0 saturated carbocycles. The Kier molecular flexibility index (Phi) is 6.25. The molecule has 7 heteroatoms. The molecular formula is C18H26N2O5. The molecule has 1 aromatic rings. The number of rotatable bonds is 7. The molecule has 2 N–H and O–H groups in total. The van der Waals surface area contributed by atoms with E-state index in [2.05, 4.69) is 10.6 Å². The molecule has 25 heavy (non-hydrogen) atoms. The normalized spacial score (nSPS) is 17.0. The van der Waals surface area contributed by atoms with Crippen LogP contribution in [0.15, 0.2) is 18.2 Å². The average Bonchev–Trinajstić information content (AvgIpc) is 3.13. The number of hydrogen-bond acceptors (Lipinski definition) is 5. The van der Waals surface area contributed by atoms with E-state index in [1.165, 1.54) is 7.11 Å². The SMILES string of the molecule is COc1ccc(NC(=O)C(C)(C)C(=O)NCC2CCCO2)c(OC)c1. The van der Waals surface area contributed by atoms with Gasteiger partial charge in [0.05, 0.1) is 26.0 Å². The molecule has 0 spiro atoms. The molecule has 1 aliphatic heterocycles. The van der Waals surface area contributed by atoms with Crippen LogP contribution in [0.4, 0.5) is 5.69 Å². The number of nitrogens with one attached hydrogen (secondary N) is 2. The molecule has 0 aromatic heterocycles. The van der Waals surface area contributed by atoms with Crippen LogP contribution in [0.1, 0.15) is 26.7 Å². The monoisotopic (exact) mass is 350 g/mol. The first-order valence-corrected chi connectivity index (χ1v) is 8.32. The number of ether oxygens (including phenoxy) is 3. The maximum absolute atomic E-state index is 12.6. The summed E-state index contributed by atoms with van der Waals surface area (Å²) in [5.41, 5.74) is -0.753. The Bertz CT molecular complexity index is 624. The van der Waals surface area contributed by atoms with E-state index in [9.17, 15) is 9.59 Å². The van der Waals surface area contributed by atoms with Gasteiger partial charge in [-0.25, -0.2) is 0 Å². The number of anilines is 1. The van der Waals surface area contributed by atoms with E-state index in [4.69, 9.17) is 14.2 Å². The maximum atomic E-state index is 12.6. The molecule has 0 aliphatic carbocycles. The molecule has 1 aliphatic rings. The highest BCUT2D eigenvalue weighted by Gasteiger charge is 2.36. The van der Waals surface area contributed by atoms with Crippen molar-refractivity contribution in [1.82, 2.24) is 5.32 Å². The van der Waals surface area contributed by atoms with Gasteiger partial charge in [0.1, 0.15) is 16.9 Å². The molecular weight excluding hydrogens is 324 g/mol. The Morgan fingerprint density at radius 2 is 2.00 bits per heavy atom. The van der Waals surface area contributed by atoms with Crippen molar-refractivity contribution in [2.45, 2.75) is 32.8 Å². The van der Waals surface area contributed by atoms with E-state index in [0.717, 1.165) is 19.4 Å². The van der Waals surface area contributed by atoms with Gasteiger partial charge in [0.15, 0.2) is 0 Å². The summed E-state index contributed by atoms with van der Waals surface area (Å²) in [4.78, 5) is 25.0. The third-order valence-electron chi connectivity index (χ3n) is 4.31. The molecule has 1 aromatic carbocycles. The van der Waals surface area contributed by atoms with Crippen LogP contribution in [0.3, 0.4) is 0 Å². The van der Waals surface area contributed by atoms with Crippen LogP contribution in [0, 0.1) is 5.41 Å². The lowest BCUT2D eigenvalue weighted by Crippen LogP contribution is -2.47. The summed E-state index contributed by atoms with van der Waals surface area (Å²) in [5.74, 6) is 0.320. The highest BCUT2D eigenvalue weighted by Crippen LogP contribution is 2.30. The van der Waals surface area contributed by atoms with Crippen molar-refractivity contribution in [2.24, 2.45) is 5.41 Å². The fraction of sp³-hybridized carbons (Fsp3) is 0.556. The number of carbonyl (C=O) groups is 2. The third-order valence-corrected chi connectivity index (χ3v) is 4.31. The fourth-order valence-corrected chi connectivity index (χ4v) is 2.52. The number of amides is 2. The van der Waals surface area contributed by atoms with Gasteiger partial charge in [0.25, 0.3) is 0 Å². The highest BCUT2D eigenvalue weighted by molar-refractivity contribution is 6.10. The largest absolute Gasteiger partial charge is 0.497 e. The number of benzene rings is 1. The molecule has 7 nitrogen and oxygen atoms in total. The van der Waals surface area contributed by atoms with Crippen molar-refractivity contribution in [3.8, 4) is 11.5 Å². The van der Waals surface area contributed by atoms with Crippen molar-refractivity contribution in [1.29, 1.82) is 0 Å². The molecule has 2 amide bonds. The summed E-state index contributed by atoms with van der Waals surface area (Å²) in [6, 6.07) is 5.05. The number of carbonyl (C=O) groups excluding carboxylic acids is 2. The first-order chi connectivity index (χ1) is 11.9. The molecule has 1 saturated heterocycles. The van der Waals surface area contributed by atoms with Gasteiger partial charge in [0.2, 0.25) is 11.8 Å². The second-order valence-corrected chi connectivity index (χ2v) is 6.49. The maximum Gasteiger partial charge on any atom is 0.239 e. The van der Waals surface area contributed by atoms with E-state index in [-0.39, 0.29) is 12.0 Å². The van der Waals surface area contributed by atoms with Gasteiger partial charge in [0, 0.05) is 19.2 Å². The van der Waals surface area contributed by atoms with Crippen molar-refractivity contribution in [3.63, 3.8) is 0 Å². The summed E-state index contributed by atoms with van der Waals surface area (Å²) in [6.07, 6.45) is 1.96. The van der Waals surface area contributed by atoms with E-state index < -0.39 is 11.3 Å². The standard InChI is InChI=1S/C18H26N2O5/c1-18(2,16(21)19-11-13-6-5-9-25-13)17(22)20-14-8-7-12(23-3)10-15(14)24-4/h7-8,10,13H,5-6,9,11H2,1-4H3,(H,19,21)(H,20,22). The average molecular weight is 350 g/mol. The first kappa shape index (κ1) is 19.1. The van der Waals surface area contributed by atoms with Crippen LogP contribution < -0.4 is 20.1 Å². The van der Waals surface area contributed by atoms with Gasteiger partial charge in [-0.2, -0.15) is 0 Å². The van der Waals surface area contributed by atoms with Gasteiger partial charge in [-0.1, -0.05) is 0 Å². The van der Waals surface area contributed by atoms with Gasteiger partial charge >= 0.3 is 0 Å². The molecule has 0 radical (unpaired) electrons. The van der Waals surface area contributed by atoms with Crippen LogP contribution in [0.5, 0.6) is 11.5 Å². The molecule has 0 bridgehead atoms. The lowest BCUT2D eigenvalue weighted by atomic mass is 9.90. The Morgan fingerprint density at radius 3 is 2.60 bits per heavy atom. The number of methoxy groups -OCH3 is 2. The van der Waals surface area contributed by atoms with Crippen LogP contribution in [0.2, 0.25) is 0 Å². The minimum absolute atomic E-state index is 0.0319. The van der Waals surface area contributed by atoms with E-state index in [0.29, 0.717) is 23.7 Å². The third kappa shape index (κ3) is 4.63. The quantitative estimate of drug-likeness (QED) is 0.734. The Labute approximate surface area is 148 Å². The van der Waals surface area contributed by atoms with Gasteiger partial charge in [-0.15, -0.1) is 0 Å². The van der Waals surface area contributed by atoms with Gasteiger partial charge < -0.3 is 24.8 Å². The van der Waals surface area contributed by atoms with E-state index >= 15 is 0 Å². The van der Waals surface area contributed by atoms with E-state index in [1.807, 2.05) is 0 Å². The summed E-state index contributed by atoms with van der Waals surface area (Å²) in [5, 5.41) is 5.55. The lowest BCUT2D eigenvalue weighted by molar-refractivity contribution is -0.138. The summed E-state index contributed by atoms with van der Waals surface area (Å²) >= 11 is 0. The zero-order chi connectivity index (χ0) is 18.4.